The number of likely N-dealkylation sites (N-methyl/N-ethyl adjacent to an activating group) is 1. The van der Waals surface area contributed by atoms with E-state index in [1.54, 1.807) is 0 Å². The summed E-state index contributed by atoms with van der Waals surface area (Å²) in [7, 11) is 2.18. The second-order valence-corrected chi connectivity index (χ2v) is 13.6. The summed E-state index contributed by atoms with van der Waals surface area (Å²) in [5, 5.41) is 0. The normalized spacial score (nSPS) is 21.4. The fourth-order valence-corrected chi connectivity index (χ4v) is 6.59. The first-order valence-electron chi connectivity index (χ1n) is 16.5. The number of esters is 2. The molecule has 0 spiro atoms. The number of aromatic nitrogens is 2. The topological polar surface area (TPSA) is 106 Å². The largest absolute Gasteiger partial charge is 1.00 e. The number of hydrogen-bond donors (Lipinski definition) is 0. The third kappa shape index (κ3) is 13.8. The molecule has 0 aliphatic carbocycles. The number of hydrogen-bond acceptors (Lipinski definition) is 10. The van der Waals surface area contributed by atoms with Gasteiger partial charge in [-0.25, -0.2) is 0 Å². The van der Waals surface area contributed by atoms with Gasteiger partial charge in [0.25, 0.3) is 5.88 Å². The lowest BCUT2D eigenvalue weighted by Crippen LogP contribution is -3.00. The molecule has 0 bridgehead atoms. The number of ether oxygens (including phenoxy) is 5. The molecule has 13 heteroatoms. The standard InChI is InChI=1S/C23H38N3O4S.C9H15IO3.HI/c1-4-6-7-8-14-29-22-21(24-31-25-22)19-10-9-13-26(3,17-19)20(5-2)30-23(27)18-11-15-28-16-12-18;10-4-1-5-13-9(11)8-2-6-12-7-3-8;/h10,18,20H,4-9,11-17H2,1-3H3;8H,1-7H2;1H/q+1;;/p-1. The Morgan fingerprint density at radius 3 is 2.27 bits per heavy atom. The Kier molecular flexibility index (Phi) is 20.6. The van der Waals surface area contributed by atoms with Gasteiger partial charge in [-0.3, -0.25) is 14.1 Å². The third-order valence-electron chi connectivity index (χ3n) is 8.49. The van der Waals surface area contributed by atoms with E-state index in [4.69, 9.17) is 23.7 Å². The summed E-state index contributed by atoms with van der Waals surface area (Å²) in [4.78, 5) is 24.2. The predicted molar refractivity (Wildman–Crippen MR) is 180 cm³/mol. The van der Waals surface area contributed by atoms with E-state index in [-0.39, 0.29) is 54.0 Å². The third-order valence-corrected chi connectivity index (χ3v) is 9.76. The highest BCUT2D eigenvalue weighted by Crippen LogP contribution is 2.33. The summed E-state index contributed by atoms with van der Waals surface area (Å²) >= 11 is 3.48. The monoisotopic (exact) mass is 877 g/mol. The fraction of sp³-hybridized carbons (Fsp3) is 0.812. The first-order valence-corrected chi connectivity index (χ1v) is 18.7. The van der Waals surface area contributed by atoms with Gasteiger partial charge >= 0.3 is 11.9 Å². The molecular weight excluding hydrogens is 824 g/mol. The number of quaternary nitrogens is 1. The van der Waals surface area contributed by atoms with Crippen LogP contribution in [-0.4, -0.2) is 95.6 Å². The van der Waals surface area contributed by atoms with E-state index in [0.29, 0.717) is 50.0 Å². The molecule has 2 unspecified atom stereocenters. The zero-order chi connectivity index (χ0) is 31.6. The van der Waals surface area contributed by atoms with Gasteiger partial charge in [0.05, 0.1) is 50.4 Å². The molecule has 1 aromatic rings. The van der Waals surface area contributed by atoms with Crippen LogP contribution in [0.4, 0.5) is 0 Å². The van der Waals surface area contributed by atoms with Crippen molar-refractivity contribution in [2.75, 3.05) is 64.2 Å². The van der Waals surface area contributed by atoms with Crippen molar-refractivity contribution < 1.29 is 61.7 Å². The van der Waals surface area contributed by atoms with Crippen LogP contribution in [-0.2, 0) is 28.5 Å². The molecule has 0 aromatic carbocycles. The number of unbranched alkanes of at least 4 members (excludes halogenated alkanes) is 3. The van der Waals surface area contributed by atoms with E-state index in [0.717, 1.165) is 80.2 Å². The maximum Gasteiger partial charge on any atom is 0.313 e. The zero-order valence-corrected chi connectivity index (χ0v) is 32.4. The first kappa shape index (κ1) is 40.6. The van der Waals surface area contributed by atoms with Crippen LogP contribution in [0.25, 0.3) is 5.57 Å². The van der Waals surface area contributed by atoms with Gasteiger partial charge in [-0.2, -0.15) is 4.37 Å². The van der Waals surface area contributed by atoms with Crippen molar-refractivity contribution in [3.8, 4) is 5.88 Å². The van der Waals surface area contributed by atoms with Crippen molar-refractivity contribution in [3.05, 3.63) is 11.8 Å². The van der Waals surface area contributed by atoms with Crippen LogP contribution in [0.3, 0.4) is 0 Å². The van der Waals surface area contributed by atoms with Gasteiger partial charge in [0, 0.05) is 49.3 Å². The zero-order valence-electron chi connectivity index (χ0n) is 27.3. The van der Waals surface area contributed by atoms with Gasteiger partial charge in [-0.05, 0) is 38.5 Å². The molecule has 3 aliphatic rings. The average molecular weight is 878 g/mol. The Hall–Kier alpha value is -0.620. The van der Waals surface area contributed by atoms with Crippen LogP contribution in [0.15, 0.2) is 6.08 Å². The van der Waals surface area contributed by atoms with Crippen molar-refractivity contribution in [1.82, 2.24) is 8.75 Å². The number of carbonyl (C=O) groups excluding carboxylic acids is 2. The van der Waals surface area contributed by atoms with Gasteiger partial charge < -0.3 is 47.7 Å². The van der Waals surface area contributed by atoms with Gasteiger partial charge in [-0.1, -0.05) is 61.8 Å². The molecule has 2 fully saturated rings. The first-order chi connectivity index (χ1) is 21.4. The SMILES string of the molecule is CCCCCCOc1nsnc1C1=CCC[N+](C)(C(CC)OC(=O)C2CCOCC2)C1.O=C(OCCCI)C1CCOCC1.[I-]. The van der Waals surface area contributed by atoms with Crippen molar-refractivity contribution in [1.29, 1.82) is 0 Å². The summed E-state index contributed by atoms with van der Waals surface area (Å²) in [6.07, 6.45) is 12.6. The molecule has 3 aliphatic heterocycles. The molecule has 0 radical (unpaired) electrons. The Morgan fingerprint density at radius 2 is 1.64 bits per heavy atom. The molecule has 2 atom stereocenters. The van der Waals surface area contributed by atoms with Gasteiger partial charge in [0.15, 0.2) is 0 Å². The number of carbonyl (C=O) groups is 2. The van der Waals surface area contributed by atoms with Crippen LogP contribution in [0.2, 0.25) is 0 Å². The minimum absolute atomic E-state index is 0. The maximum atomic E-state index is 12.8. The van der Waals surface area contributed by atoms with Gasteiger partial charge in [0.2, 0.25) is 6.23 Å². The van der Waals surface area contributed by atoms with E-state index in [1.807, 2.05) is 0 Å². The molecule has 1 aromatic heterocycles. The van der Waals surface area contributed by atoms with Crippen molar-refractivity contribution in [2.24, 2.45) is 11.8 Å². The van der Waals surface area contributed by atoms with E-state index in [2.05, 4.69) is 58.3 Å². The van der Waals surface area contributed by atoms with Crippen LogP contribution in [0, 0.1) is 11.8 Å². The van der Waals surface area contributed by atoms with Crippen LogP contribution in [0.5, 0.6) is 5.88 Å². The highest BCUT2D eigenvalue weighted by Gasteiger charge is 2.39. The van der Waals surface area contributed by atoms with Crippen LogP contribution < -0.4 is 28.7 Å². The van der Waals surface area contributed by atoms with Crippen molar-refractivity contribution in [2.45, 2.75) is 90.7 Å². The van der Waals surface area contributed by atoms with Crippen molar-refractivity contribution >= 4 is 51.8 Å². The van der Waals surface area contributed by atoms with E-state index in [1.165, 1.54) is 31.0 Å². The predicted octanol–water partition coefficient (Wildman–Crippen LogP) is 3.22. The summed E-state index contributed by atoms with van der Waals surface area (Å²) in [5.41, 5.74) is 2.00. The van der Waals surface area contributed by atoms with E-state index >= 15 is 0 Å². The molecular formula is C32H53I2N3O7S. The molecule has 0 amide bonds. The Bertz CT molecular complexity index is 1020. The number of nitrogens with zero attached hydrogens (tertiary/aromatic N) is 3. The maximum absolute atomic E-state index is 12.8. The molecule has 4 heterocycles. The van der Waals surface area contributed by atoms with E-state index < -0.39 is 0 Å². The highest BCUT2D eigenvalue weighted by atomic mass is 127. The average Bonchev–Trinajstić information content (AvgIpc) is 3.53. The fourth-order valence-electron chi connectivity index (χ4n) is 5.75. The number of alkyl halides is 1. The van der Waals surface area contributed by atoms with Gasteiger partial charge in [-0.15, -0.1) is 4.37 Å². The number of rotatable bonds is 15. The lowest BCUT2D eigenvalue weighted by Gasteiger charge is -2.42. The minimum Gasteiger partial charge on any atom is -1.00 e. The molecule has 0 saturated carbocycles. The highest BCUT2D eigenvalue weighted by molar-refractivity contribution is 14.1. The second kappa shape index (κ2) is 22.9. The quantitative estimate of drug-likeness (QED) is 0.0865. The smallest absolute Gasteiger partial charge is 0.313 e. The molecule has 4 rings (SSSR count). The summed E-state index contributed by atoms with van der Waals surface area (Å²) in [6.45, 7) is 9.94. The Morgan fingerprint density at radius 1 is 0.978 bits per heavy atom. The Balaban J connectivity index is 0.000000424. The van der Waals surface area contributed by atoms with Crippen LogP contribution in [0.1, 0.15) is 90.2 Å². The molecule has 0 N–H and O–H groups in total. The number of halogens is 2. The van der Waals surface area contributed by atoms with E-state index in [9.17, 15) is 9.59 Å². The van der Waals surface area contributed by atoms with Crippen molar-refractivity contribution in [3.63, 3.8) is 0 Å². The molecule has 258 valence electrons. The molecule has 2 saturated heterocycles. The summed E-state index contributed by atoms with van der Waals surface area (Å²) in [5.74, 6) is 0.589. The molecule has 10 nitrogen and oxygen atoms in total. The second-order valence-electron chi connectivity index (χ2n) is 12.0. The van der Waals surface area contributed by atoms with Crippen LogP contribution >= 0.6 is 34.3 Å². The molecule has 45 heavy (non-hydrogen) atoms. The lowest BCUT2D eigenvalue weighted by atomic mass is 10.0. The summed E-state index contributed by atoms with van der Waals surface area (Å²) in [6, 6.07) is 0. The Labute approximate surface area is 304 Å². The van der Waals surface area contributed by atoms with Gasteiger partial charge in [0.1, 0.15) is 12.2 Å². The minimum atomic E-state index is -0.163. The summed E-state index contributed by atoms with van der Waals surface area (Å²) < 4.78 is 38.4. The lowest BCUT2D eigenvalue weighted by molar-refractivity contribution is -0.947.